The maximum Gasteiger partial charge on any atom is 0.259 e. The van der Waals surface area contributed by atoms with Crippen molar-refractivity contribution in [1.82, 2.24) is 19.8 Å². The molecular weight excluding hydrogens is 332 g/mol. The van der Waals surface area contributed by atoms with Crippen LogP contribution in [-0.2, 0) is 13.0 Å². The molecule has 0 bridgehead atoms. The molecule has 4 heterocycles. The van der Waals surface area contributed by atoms with Crippen LogP contribution in [0.2, 0.25) is 0 Å². The van der Waals surface area contributed by atoms with Crippen LogP contribution in [0.15, 0.2) is 33.8 Å². The number of hydrogen-bond acceptors (Lipinski definition) is 5. The number of likely N-dealkylation sites (tertiary alicyclic amines) is 1. The lowest BCUT2D eigenvalue weighted by atomic mass is 10.1. The highest BCUT2D eigenvalue weighted by molar-refractivity contribution is 5.98. The smallest absolute Gasteiger partial charge is 0.259 e. The molecule has 0 aliphatic carbocycles. The quantitative estimate of drug-likeness (QED) is 0.708. The monoisotopic (exact) mass is 350 g/mol. The van der Waals surface area contributed by atoms with Gasteiger partial charge in [0.2, 0.25) is 5.43 Å². The van der Waals surface area contributed by atoms with Gasteiger partial charge in [-0.1, -0.05) is 22.4 Å². The number of amides is 1. The molecule has 1 amide bonds. The van der Waals surface area contributed by atoms with Crippen molar-refractivity contribution in [3.63, 3.8) is 0 Å². The Balaban J connectivity index is 1.61. The number of benzene rings is 1. The van der Waals surface area contributed by atoms with Crippen LogP contribution in [0, 0.1) is 6.92 Å². The zero-order valence-electron chi connectivity index (χ0n) is 14.4. The predicted octanol–water partition coefficient (Wildman–Crippen LogP) is 2.23. The Kier molecular flexibility index (Phi) is 3.25. The van der Waals surface area contributed by atoms with Gasteiger partial charge < -0.3 is 9.47 Å². The highest BCUT2D eigenvalue weighted by Crippen LogP contribution is 2.33. The fourth-order valence-electron chi connectivity index (χ4n) is 4.30. The van der Waals surface area contributed by atoms with Crippen LogP contribution >= 0.6 is 0 Å². The molecule has 1 unspecified atom stereocenters. The number of carbonyl (C=O) groups excluding carboxylic acids is 1. The molecule has 0 N–H and O–H groups in total. The summed E-state index contributed by atoms with van der Waals surface area (Å²) in [5, 5.41) is 8.43. The second-order valence-electron chi connectivity index (χ2n) is 7.02. The van der Waals surface area contributed by atoms with Crippen molar-refractivity contribution in [2.24, 2.45) is 0 Å². The van der Waals surface area contributed by atoms with Crippen molar-refractivity contribution in [3.05, 3.63) is 57.1 Å². The van der Waals surface area contributed by atoms with Crippen molar-refractivity contribution in [2.45, 2.75) is 38.8 Å². The highest BCUT2D eigenvalue weighted by Gasteiger charge is 2.35. The van der Waals surface area contributed by atoms with Crippen LogP contribution < -0.4 is 5.43 Å². The van der Waals surface area contributed by atoms with Crippen molar-refractivity contribution in [2.75, 3.05) is 6.54 Å². The Bertz CT molecular complexity index is 1100. The van der Waals surface area contributed by atoms with Gasteiger partial charge in [0.15, 0.2) is 0 Å². The van der Waals surface area contributed by atoms with Crippen LogP contribution in [0.25, 0.3) is 10.9 Å². The van der Waals surface area contributed by atoms with Crippen molar-refractivity contribution in [1.29, 1.82) is 0 Å². The van der Waals surface area contributed by atoms with E-state index in [1.165, 1.54) is 5.56 Å². The van der Waals surface area contributed by atoms with E-state index in [4.69, 9.17) is 4.63 Å². The van der Waals surface area contributed by atoms with Crippen LogP contribution in [0.4, 0.5) is 0 Å². The van der Waals surface area contributed by atoms with E-state index in [1.54, 1.807) is 11.1 Å². The fraction of sp³-hybridized carbons (Fsp3) is 0.368. The van der Waals surface area contributed by atoms with Crippen molar-refractivity contribution in [3.8, 4) is 0 Å². The molecule has 0 radical (unpaired) electrons. The average Bonchev–Trinajstić information content (AvgIpc) is 3.37. The van der Waals surface area contributed by atoms with E-state index < -0.39 is 0 Å². The Hall–Kier alpha value is -2.96. The minimum absolute atomic E-state index is 0.186. The molecule has 7 heteroatoms. The van der Waals surface area contributed by atoms with E-state index in [-0.39, 0.29) is 22.9 Å². The first-order chi connectivity index (χ1) is 12.6. The molecule has 2 aliphatic heterocycles. The molecule has 1 fully saturated rings. The van der Waals surface area contributed by atoms with Gasteiger partial charge in [-0.05, 0) is 37.8 Å². The lowest BCUT2D eigenvalue weighted by Gasteiger charge is -2.23. The number of nitrogens with zero attached hydrogens (tertiary/aromatic N) is 4. The van der Waals surface area contributed by atoms with Gasteiger partial charge in [0, 0.05) is 24.7 Å². The van der Waals surface area contributed by atoms with E-state index in [1.807, 2.05) is 29.7 Å². The summed E-state index contributed by atoms with van der Waals surface area (Å²) >= 11 is 0. The van der Waals surface area contributed by atoms with Crippen LogP contribution in [0.3, 0.4) is 0 Å². The SMILES string of the molecule is Cc1nonc1C1CCCN1C(=O)c1cn2c3c(cccc3c1=O)CC2. The molecule has 1 aromatic carbocycles. The minimum atomic E-state index is -0.233. The number of aromatic nitrogens is 3. The second-order valence-corrected chi connectivity index (χ2v) is 7.02. The summed E-state index contributed by atoms with van der Waals surface area (Å²) in [6.07, 6.45) is 4.29. The molecule has 26 heavy (non-hydrogen) atoms. The average molecular weight is 350 g/mol. The predicted molar refractivity (Wildman–Crippen MR) is 94.0 cm³/mol. The summed E-state index contributed by atoms with van der Waals surface area (Å²) in [7, 11) is 0. The summed E-state index contributed by atoms with van der Waals surface area (Å²) in [6, 6.07) is 5.57. The minimum Gasteiger partial charge on any atom is -0.346 e. The summed E-state index contributed by atoms with van der Waals surface area (Å²) in [6.45, 7) is 3.22. The Morgan fingerprint density at radius 1 is 1.27 bits per heavy atom. The number of rotatable bonds is 2. The molecule has 7 nitrogen and oxygen atoms in total. The van der Waals surface area contributed by atoms with Crippen LogP contribution in [-0.4, -0.2) is 32.2 Å². The molecule has 2 aromatic heterocycles. The molecule has 1 saturated heterocycles. The molecule has 3 aromatic rings. The number of para-hydroxylation sites is 1. The normalized spacial score (nSPS) is 18.8. The van der Waals surface area contributed by atoms with Crippen molar-refractivity contribution >= 4 is 16.8 Å². The second kappa shape index (κ2) is 5.52. The van der Waals surface area contributed by atoms with E-state index in [0.29, 0.717) is 23.3 Å². The number of hydrogen-bond donors (Lipinski definition) is 0. The lowest BCUT2D eigenvalue weighted by molar-refractivity contribution is 0.0728. The number of aryl methyl sites for hydroxylation is 3. The molecule has 0 spiro atoms. The molecule has 2 aliphatic rings. The summed E-state index contributed by atoms with van der Waals surface area (Å²) < 4.78 is 6.85. The van der Waals surface area contributed by atoms with Gasteiger partial charge in [-0.3, -0.25) is 9.59 Å². The topological polar surface area (TPSA) is 81.2 Å². The summed E-state index contributed by atoms with van der Waals surface area (Å²) in [5.41, 5.74) is 3.55. The fourth-order valence-corrected chi connectivity index (χ4v) is 4.30. The first-order valence-electron chi connectivity index (χ1n) is 8.90. The van der Waals surface area contributed by atoms with E-state index in [9.17, 15) is 9.59 Å². The van der Waals surface area contributed by atoms with E-state index in [0.717, 1.165) is 31.3 Å². The van der Waals surface area contributed by atoms with Gasteiger partial charge in [0.1, 0.15) is 17.0 Å². The lowest BCUT2D eigenvalue weighted by Crippen LogP contribution is -2.34. The van der Waals surface area contributed by atoms with Gasteiger partial charge >= 0.3 is 0 Å². The first kappa shape index (κ1) is 15.3. The first-order valence-corrected chi connectivity index (χ1v) is 8.90. The van der Waals surface area contributed by atoms with E-state index >= 15 is 0 Å². The van der Waals surface area contributed by atoms with Gasteiger partial charge in [-0.2, -0.15) is 0 Å². The zero-order chi connectivity index (χ0) is 17.8. The third-order valence-corrected chi connectivity index (χ3v) is 5.55. The third kappa shape index (κ3) is 2.06. The summed E-state index contributed by atoms with van der Waals surface area (Å²) in [5.74, 6) is -0.233. The van der Waals surface area contributed by atoms with Gasteiger partial charge in [0.05, 0.1) is 11.6 Å². The van der Waals surface area contributed by atoms with Crippen LogP contribution in [0.5, 0.6) is 0 Å². The highest BCUT2D eigenvalue weighted by atomic mass is 16.6. The Morgan fingerprint density at radius 2 is 2.15 bits per heavy atom. The number of carbonyl (C=O) groups is 1. The zero-order valence-corrected chi connectivity index (χ0v) is 14.4. The molecular formula is C19H18N4O3. The molecule has 5 rings (SSSR count). The van der Waals surface area contributed by atoms with Crippen molar-refractivity contribution < 1.29 is 9.42 Å². The number of pyridine rings is 1. The summed E-state index contributed by atoms with van der Waals surface area (Å²) in [4.78, 5) is 28.0. The van der Waals surface area contributed by atoms with Crippen LogP contribution in [0.1, 0.15) is 46.2 Å². The molecule has 1 atom stereocenters. The van der Waals surface area contributed by atoms with Gasteiger partial charge in [-0.25, -0.2) is 4.63 Å². The van der Waals surface area contributed by atoms with Gasteiger partial charge in [0.25, 0.3) is 5.91 Å². The Labute approximate surface area is 149 Å². The standard InChI is InChI=1S/C19H18N4O3/c1-11-16(21-26-20-11)15-6-3-8-23(15)19(25)14-10-22-9-7-12-4-2-5-13(17(12)22)18(14)24/h2,4-5,10,15H,3,6-9H2,1H3. The van der Waals surface area contributed by atoms with Gasteiger partial charge in [-0.15, -0.1) is 0 Å². The maximum atomic E-state index is 13.2. The molecule has 0 saturated carbocycles. The largest absolute Gasteiger partial charge is 0.346 e. The Morgan fingerprint density at radius 3 is 2.96 bits per heavy atom. The maximum absolute atomic E-state index is 13.2. The third-order valence-electron chi connectivity index (χ3n) is 5.55. The molecule has 132 valence electrons. The van der Waals surface area contributed by atoms with E-state index in [2.05, 4.69) is 10.3 Å².